The fourth-order valence-corrected chi connectivity index (χ4v) is 4.05. The summed E-state index contributed by atoms with van der Waals surface area (Å²) < 4.78 is 4.83. The number of ketones is 1. The van der Waals surface area contributed by atoms with Crippen molar-refractivity contribution >= 4 is 23.1 Å². The first kappa shape index (κ1) is 11.9. The van der Waals surface area contributed by atoms with E-state index in [4.69, 9.17) is 4.74 Å². The SMILES string of the molecule is COC(=O)[C@H]1N[C@@H](c2cccs2)[C@H]2C(=O)CC[C@H]21. The number of fused-ring (bicyclic) bond motifs is 1. The van der Waals surface area contributed by atoms with Gasteiger partial charge in [-0.1, -0.05) is 6.07 Å². The second-order valence-electron chi connectivity index (χ2n) is 4.86. The number of nitrogens with one attached hydrogen (secondary N) is 1. The van der Waals surface area contributed by atoms with Gasteiger partial charge in [0.15, 0.2) is 0 Å². The topological polar surface area (TPSA) is 55.4 Å². The molecule has 0 spiro atoms. The van der Waals surface area contributed by atoms with E-state index in [0.717, 1.165) is 11.3 Å². The van der Waals surface area contributed by atoms with Crippen LogP contribution >= 0.6 is 11.3 Å². The third kappa shape index (κ3) is 1.69. The lowest BCUT2D eigenvalue weighted by atomic mass is 9.89. The summed E-state index contributed by atoms with van der Waals surface area (Å²) in [6.07, 6.45) is 1.38. The second kappa shape index (κ2) is 4.48. The summed E-state index contributed by atoms with van der Waals surface area (Å²) in [4.78, 5) is 24.9. The average Bonchev–Trinajstić information content (AvgIpc) is 3.06. The van der Waals surface area contributed by atoms with Crippen LogP contribution in [0.1, 0.15) is 23.8 Å². The Bertz CT molecular complexity index is 471. The van der Waals surface area contributed by atoms with E-state index in [2.05, 4.69) is 5.32 Å². The largest absolute Gasteiger partial charge is 0.468 e. The lowest BCUT2D eigenvalue weighted by Gasteiger charge is -2.15. The minimum Gasteiger partial charge on any atom is -0.468 e. The van der Waals surface area contributed by atoms with Crippen LogP contribution in [-0.2, 0) is 14.3 Å². The molecule has 1 N–H and O–H groups in total. The molecule has 2 heterocycles. The van der Waals surface area contributed by atoms with Crippen LogP contribution in [0.4, 0.5) is 0 Å². The van der Waals surface area contributed by atoms with Gasteiger partial charge >= 0.3 is 5.97 Å². The van der Waals surface area contributed by atoms with Gasteiger partial charge in [-0.25, -0.2) is 0 Å². The number of carbonyl (C=O) groups is 2. The van der Waals surface area contributed by atoms with Gasteiger partial charge in [0.1, 0.15) is 11.8 Å². The fourth-order valence-electron chi connectivity index (χ4n) is 3.22. The normalized spacial score (nSPS) is 34.6. The summed E-state index contributed by atoms with van der Waals surface area (Å²) in [6, 6.07) is 3.64. The first-order valence-electron chi connectivity index (χ1n) is 6.12. The minimum atomic E-state index is -0.335. The molecule has 3 rings (SSSR count). The zero-order valence-corrected chi connectivity index (χ0v) is 10.9. The van der Waals surface area contributed by atoms with E-state index in [1.165, 1.54) is 7.11 Å². The third-order valence-corrected chi connectivity index (χ3v) is 4.96. The molecule has 0 radical (unpaired) electrons. The molecule has 4 nitrogen and oxygen atoms in total. The maximum Gasteiger partial charge on any atom is 0.323 e. The molecule has 1 saturated carbocycles. The highest BCUT2D eigenvalue weighted by molar-refractivity contribution is 7.10. The molecule has 5 heteroatoms. The number of carbonyl (C=O) groups excluding carboxylic acids is 2. The second-order valence-corrected chi connectivity index (χ2v) is 5.83. The van der Waals surface area contributed by atoms with Crippen LogP contribution < -0.4 is 5.32 Å². The Hall–Kier alpha value is -1.20. The van der Waals surface area contributed by atoms with Gasteiger partial charge in [0.25, 0.3) is 0 Å². The monoisotopic (exact) mass is 265 g/mol. The zero-order chi connectivity index (χ0) is 12.7. The van der Waals surface area contributed by atoms with Gasteiger partial charge < -0.3 is 4.74 Å². The third-order valence-electron chi connectivity index (χ3n) is 4.01. The Labute approximate surface area is 109 Å². The van der Waals surface area contributed by atoms with Crippen LogP contribution in [0.15, 0.2) is 17.5 Å². The van der Waals surface area contributed by atoms with Crippen molar-refractivity contribution in [3.8, 4) is 0 Å². The van der Waals surface area contributed by atoms with Crippen molar-refractivity contribution in [3.63, 3.8) is 0 Å². The van der Waals surface area contributed by atoms with Gasteiger partial charge in [-0.3, -0.25) is 14.9 Å². The first-order valence-corrected chi connectivity index (χ1v) is 7.00. The van der Waals surface area contributed by atoms with Crippen LogP contribution in [0.25, 0.3) is 0 Å². The summed E-state index contributed by atoms with van der Waals surface area (Å²) >= 11 is 1.63. The molecular weight excluding hydrogens is 250 g/mol. The van der Waals surface area contributed by atoms with Crippen molar-refractivity contribution in [1.82, 2.24) is 5.32 Å². The highest BCUT2D eigenvalue weighted by Gasteiger charge is 2.53. The molecule has 0 amide bonds. The molecular formula is C13H15NO3S. The number of hydrogen-bond acceptors (Lipinski definition) is 5. The maximum atomic E-state index is 12.0. The quantitative estimate of drug-likeness (QED) is 0.824. The van der Waals surface area contributed by atoms with Crippen molar-refractivity contribution in [2.24, 2.45) is 11.8 Å². The molecule has 1 aromatic rings. The molecule has 0 unspecified atom stereocenters. The van der Waals surface area contributed by atoms with Gasteiger partial charge in [0, 0.05) is 17.2 Å². The van der Waals surface area contributed by atoms with E-state index in [-0.39, 0.29) is 35.7 Å². The molecule has 1 aromatic heterocycles. The van der Waals surface area contributed by atoms with Gasteiger partial charge in [-0.15, -0.1) is 11.3 Å². The highest BCUT2D eigenvalue weighted by atomic mass is 32.1. The summed E-state index contributed by atoms with van der Waals surface area (Å²) in [5.74, 6) is 0.0564. The number of methoxy groups -OCH3 is 1. The highest BCUT2D eigenvalue weighted by Crippen LogP contribution is 2.46. The molecule has 0 aromatic carbocycles. The van der Waals surface area contributed by atoms with Gasteiger partial charge in [0.2, 0.25) is 0 Å². The average molecular weight is 265 g/mol. The van der Waals surface area contributed by atoms with Crippen molar-refractivity contribution in [3.05, 3.63) is 22.4 Å². The Morgan fingerprint density at radius 3 is 3.06 bits per heavy atom. The predicted molar refractivity (Wildman–Crippen MR) is 67.2 cm³/mol. The molecule has 2 fully saturated rings. The van der Waals surface area contributed by atoms with Crippen LogP contribution in [0.5, 0.6) is 0 Å². The Balaban J connectivity index is 1.92. The minimum absolute atomic E-state index is 0.0194. The van der Waals surface area contributed by atoms with Crippen LogP contribution in [0.2, 0.25) is 0 Å². The van der Waals surface area contributed by atoms with Crippen molar-refractivity contribution in [1.29, 1.82) is 0 Å². The van der Waals surface area contributed by atoms with Crippen LogP contribution in [0.3, 0.4) is 0 Å². The maximum absolute atomic E-state index is 12.0. The van der Waals surface area contributed by atoms with Crippen LogP contribution in [-0.4, -0.2) is 24.9 Å². The lowest BCUT2D eigenvalue weighted by molar-refractivity contribution is -0.143. The van der Waals surface area contributed by atoms with E-state index in [1.54, 1.807) is 11.3 Å². The van der Waals surface area contributed by atoms with Gasteiger partial charge in [0.05, 0.1) is 13.2 Å². The van der Waals surface area contributed by atoms with Crippen molar-refractivity contribution in [2.45, 2.75) is 24.9 Å². The Morgan fingerprint density at radius 1 is 1.56 bits per heavy atom. The summed E-state index contributed by atoms with van der Waals surface area (Å²) in [5, 5.41) is 5.29. The molecule has 4 atom stereocenters. The van der Waals surface area contributed by atoms with E-state index in [0.29, 0.717) is 6.42 Å². The number of esters is 1. The van der Waals surface area contributed by atoms with E-state index >= 15 is 0 Å². The van der Waals surface area contributed by atoms with E-state index in [9.17, 15) is 9.59 Å². The van der Waals surface area contributed by atoms with Gasteiger partial charge in [-0.05, 0) is 23.8 Å². The molecule has 18 heavy (non-hydrogen) atoms. The molecule has 1 saturated heterocycles. The molecule has 1 aliphatic heterocycles. The van der Waals surface area contributed by atoms with Crippen LogP contribution in [0, 0.1) is 11.8 Å². The summed E-state index contributed by atoms with van der Waals surface area (Å²) in [6.45, 7) is 0. The van der Waals surface area contributed by atoms with E-state index < -0.39 is 0 Å². The molecule has 1 aliphatic carbocycles. The van der Waals surface area contributed by atoms with E-state index in [1.807, 2.05) is 17.5 Å². The Morgan fingerprint density at radius 2 is 2.39 bits per heavy atom. The smallest absolute Gasteiger partial charge is 0.323 e. The molecule has 0 bridgehead atoms. The predicted octanol–water partition coefficient (Wildman–Crippen LogP) is 1.53. The summed E-state index contributed by atoms with van der Waals surface area (Å²) in [7, 11) is 1.40. The Kier molecular flexibility index (Phi) is 2.95. The zero-order valence-electron chi connectivity index (χ0n) is 10.1. The number of thiophene rings is 1. The van der Waals surface area contributed by atoms with Gasteiger partial charge in [-0.2, -0.15) is 0 Å². The molecule has 2 aliphatic rings. The summed E-state index contributed by atoms with van der Waals surface area (Å²) in [5.41, 5.74) is 0. The first-order chi connectivity index (χ1) is 8.72. The number of hydrogen-bond donors (Lipinski definition) is 1. The standard InChI is InChI=1S/C13H15NO3S/c1-17-13(16)11-7-4-5-8(15)10(7)12(14-11)9-3-2-6-18-9/h2-3,6-7,10-12,14H,4-5H2,1H3/t7-,10-,11+,12+/m1/s1. The van der Waals surface area contributed by atoms with Crippen molar-refractivity contribution in [2.75, 3.05) is 7.11 Å². The van der Waals surface area contributed by atoms with Crippen molar-refractivity contribution < 1.29 is 14.3 Å². The number of ether oxygens (including phenoxy) is 1. The molecule has 96 valence electrons. The lowest BCUT2D eigenvalue weighted by Crippen LogP contribution is -2.37. The number of Topliss-reactive ketones (excluding diaryl/α,β-unsaturated/α-hetero) is 1. The fraction of sp³-hybridized carbons (Fsp3) is 0.538. The number of rotatable bonds is 2.